The van der Waals surface area contributed by atoms with Crippen LogP contribution in [0, 0.1) is 5.92 Å². The van der Waals surface area contributed by atoms with Gasteiger partial charge in [-0.05, 0) is 12.3 Å². The summed E-state index contributed by atoms with van der Waals surface area (Å²) in [4.78, 5) is 18.6. The van der Waals surface area contributed by atoms with Crippen molar-refractivity contribution in [2.24, 2.45) is 11.8 Å². The van der Waals surface area contributed by atoms with Crippen molar-refractivity contribution in [3.8, 4) is 5.95 Å². The minimum absolute atomic E-state index is 0.289. The van der Waals surface area contributed by atoms with E-state index in [-0.39, 0.29) is 5.95 Å². The van der Waals surface area contributed by atoms with Crippen LogP contribution in [0.3, 0.4) is 0 Å². The lowest BCUT2D eigenvalue weighted by molar-refractivity contribution is 0.581. The predicted molar refractivity (Wildman–Crippen MR) is 75.3 cm³/mol. The average molecular weight is 277 g/mol. The van der Waals surface area contributed by atoms with Gasteiger partial charge in [0.15, 0.2) is 0 Å². The van der Waals surface area contributed by atoms with E-state index >= 15 is 0 Å². The van der Waals surface area contributed by atoms with Crippen LogP contribution in [0.15, 0.2) is 12.7 Å². The van der Waals surface area contributed by atoms with Crippen molar-refractivity contribution in [3.63, 3.8) is 0 Å². The minimum Gasteiger partial charge on any atom is -0.344 e. The Kier molecular flexibility index (Phi) is 4.41. The second-order valence-corrected chi connectivity index (χ2v) is 4.85. The predicted octanol–water partition coefficient (Wildman–Crippen LogP) is 0.220. The number of rotatable bonds is 6. The second kappa shape index (κ2) is 6.24. The highest BCUT2D eigenvalue weighted by atomic mass is 15.4. The van der Waals surface area contributed by atoms with E-state index in [0.29, 0.717) is 17.8 Å². The molecule has 0 aliphatic carbocycles. The van der Waals surface area contributed by atoms with E-state index in [1.54, 1.807) is 0 Å². The molecular formula is C11H19N9. The van der Waals surface area contributed by atoms with Gasteiger partial charge in [-0.3, -0.25) is 5.43 Å². The highest BCUT2D eigenvalue weighted by molar-refractivity contribution is 5.38. The molecule has 0 aromatic carbocycles. The van der Waals surface area contributed by atoms with Crippen LogP contribution in [0.5, 0.6) is 0 Å². The second-order valence-electron chi connectivity index (χ2n) is 4.85. The molecule has 2 aromatic heterocycles. The van der Waals surface area contributed by atoms with E-state index in [9.17, 15) is 0 Å². The molecule has 0 aliphatic rings. The van der Waals surface area contributed by atoms with Crippen LogP contribution < -0.4 is 16.2 Å². The molecule has 2 rings (SSSR count). The Morgan fingerprint density at radius 2 is 2.15 bits per heavy atom. The van der Waals surface area contributed by atoms with Gasteiger partial charge in [0.05, 0.1) is 0 Å². The van der Waals surface area contributed by atoms with Crippen molar-refractivity contribution in [2.75, 3.05) is 23.9 Å². The van der Waals surface area contributed by atoms with Crippen LogP contribution in [0.25, 0.3) is 5.95 Å². The van der Waals surface area contributed by atoms with Gasteiger partial charge in [0.25, 0.3) is 5.95 Å². The van der Waals surface area contributed by atoms with Gasteiger partial charge in [0.2, 0.25) is 11.9 Å². The maximum absolute atomic E-state index is 5.40. The Morgan fingerprint density at radius 1 is 1.35 bits per heavy atom. The summed E-state index contributed by atoms with van der Waals surface area (Å²) in [5, 5.41) is 4.00. The zero-order valence-corrected chi connectivity index (χ0v) is 11.9. The maximum atomic E-state index is 5.40. The first-order chi connectivity index (χ1) is 9.60. The number of nitrogens with two attached hydrogens (primary N) is 1. The molecule has 0 atom stereocenters. The van der Waals surface area contributed by atoms with Gasteiger partial charge in [-0.1, -0.05) is 13.8 Å². The Labute approximate surface area is 117 Å². The topological polar surface area (TPSA) is 111 Å². The van der Waals surface area contributed by atoms with Crippen LogP contribution >= 0.6 is 0 Å². The van der Waals surface area contributed by atoms with E-state index in [1.807, 2.05) is 11.9 Å². The summed E-state index contributed by atoms with van der Waals surface area (Å²) in [6.45, 7) is 5.20. The maximum Gasteiger partial charge on any atom is 0.258 e. The first-order valence-corrected chi connectivity index (χ1v) is 6.39. The van der Waals surface area contributed by atoms with Crippen LogP contribution in [0.2, 0.25) is 0 Å². The summed E-state index contributed by atoms with van der Waals surface area (Å²) < 4.78 is 1.46. The molecule has 0 radical (unpaired) electrons. The van der Waals surface area contributed by atoms with Crippen molar-refractivity contribution >= 4 is 11.9 Å². The van der Waals surface area contributed by atoms with E-state index in [4.69, 9.17) is 5.84 Å². The summed E-state index contributed by atoms with van der Waals surface area (Å²) in [6, 6.07) is 0. The van der Waals surface area contributed by atoms with Gasteiger partial charge in [-0.15, -0.1) is 0 Å². The Hall–Kier alpha value is -2.29. The van der Waals surface area contributed by atoms with Gasteiger partial charge >= 0.3 is 0 Å². The molecule has 20 heavy (non-hydrogen) atoms. The third-order valence-electron chi connectivity index (χ3n) is 2.75. The fourth-order valence-electron chi connectivity index (χ4n) is 1.55. The molecule has 2 heterocycles. The SMILES string of the molecule is CC(C)CCN(C)c1nc(NN)nc(-n2cncn2)n1. The van der Waals surface area contributed by atoms with Crippen molar-refractivity contribution in [1.82, 2.24) is 29.7 Å². The molecule has 0 amide bonds. The fraction of sp³-hybridized carbons (Fsp3) is 0.545. The number of nitrogen functional groups attached to an aromatic ring is 1. The molecule has 3 N–H and O–H groups in total. The molecule has 9 nitrogen and oxygen atoms in total. The first-order valence-electron chi connectivity index (χ1n) is 6.39. The van der Waals surface area contributed by atoms with Gasteiger partial charge in [-0.25, -0.2) is 10.8 Å². The Bertz CT molecular complexity index is 537. The highest BCUT2D eigenvalue weighted by Gasteiger charge is 2.12. The first kappa shape index (κ1) is 14.1. The molecule has 0 saturated carbocycles. The van der Waals surface area contributed by atoms with E-state index in [2.05, 4.69) is 44.3 Å². The third-order valence-corrected chi connectivity index (χ3v) is 2.75. The molecule has 0 saturated heterocycles. The number of nitrogens with one attached hydrogen (secondary N) is 1. The smallest absolute Gasteiger partial charge is 0.258 e. The summed E-state index contributed by atoms with van der Waals surface area (Å²) in [5.41, 5.74) is 2.44. The fourth-order valence-corrected chi connectivity index (χ4v) is 1.55. The minimum atomic E-state index is 0.289. The van der Waals surface area contributed by atoms with Gasteiger partial charge in [0.1, 0.15) is 12.7 Å². The van der Waals surface area contributed by atoms with Crippen LogP contribution in [0.1, 0.15) is 20.3 Å². The number of aromatic nitrogens is 6. The molecule has 0 spiro atoms. The molecule has 108 valence electrons. The quantitative estimate of drug-likeness (QED) is 0.570. The van der Waals surface area contributed by atoms with Crippen molar-refractivity contribution in [2.45, 2.75) is 20.3 Å². The summed E-state index contributed by atoms with van der Waals surface area (Å²) in [7, 11) is 1.93. The molecule has 0 fully saturated rings. The standard InChI is InChI=1S/C11H19N9/c1-8(2)4-5-19(3)10-15-9(18-12)16-11(17-10)20-7-13-6-14-20/h6-8H,4-5,12H2,1-3H3,(H,15,16,17,18). The number of anilines is 2. The van der Waals surface area contributed by atoms with E-state index < -0.39 is 0 Å². The van der Waals surface area contributed by atoms with Gasteiger partial charge in [-0.2, -0.15) is 24.7 Å². The summed E-state index contributed by atoms with van der Waals surface area (Å²) >= 11 is 0. The molecule has 2 aromatic rings. The number of nitrogens with zero attached hydrogens (tertiary/aromatic N) is 7. The zero-order valence-electron chi connectivity index (χ0n) is 11.9. The number of hydrogen-bond acceptors (Lipinski definition) is 8. The van der Waals surface area contributed by atoms with Gasteiger partial charge < -0.3 is 4.90 Å². The monoisotopic (exact) mass is 277 g/mol. The normalized spacial score (nSPS) is 10.8. The van der Waals surface area contributed by atoms with E-state index in [1.165, 1.54) is 17.3 Å². The highest BCUT2D eigenvalue weighted by Crippen LogP contribution is 2.12. The lowest BCUT2D eigenvalue weighted by Crippen LogP contribution is -2.24. The van der Waals surface area contributed by atoms with Crippen molar-refractivity contribution < 1.29 is 0 Å². The molecular weight excluding hydrogens is 258 g/mol. The van der Waals surface area contributed by atoms with Crippen molar-refractivity contribution in [3.05, 3.63) is 12.7 Å². The number of hydrazine groups is 1. The average Bonchev–Trinajstić information content (AvgIpc) is 2.98. The lowest BCUT2D eigenvalue weighted by atomic mass is 10.1. The zero-order chi connectivity index (χ0) is 14.5. The molecule has 0 bridgehead atoms. The molecule has 0 unspecified atom stereocenters. The lowest BCUT2D eigenvalue weighted by Gasteiger charge is -2.18. The van der Waals surface area contributed by atoms with Crippen molar-refractivity contribution in [1.29, 1.82) is 0 Å². The van der Waals surface area contributed by atoms with Gasteiger partial charge in [0, 0.05) is 13.6 Å². The summed E-state index contributed by atoms with van der Waals surface area (Å²) in [6.07, 6.45) is 3.99. The Balaban J connectivity index is 2.26. The van der Waals surface area contributed by atoms with Crippen LogP contribution in [-0.2, 0) is 0 Å². The Morgan fingerprint density at radius 3 is 2.75 bits per heavy atom. The third kappa shape index (κ3) is 3.38. The summed E-state index contributed by atoms with van der Waals surface area (Å²) in [5.74, 6) is 7.21. The largest absolute Gasteiger partial charge is 0.344 e. The molecule has 9 heteroatoms. The molecule has 0 aliphatic heterocycles. The number of hydrogen-bond donors (Lipinski definition) is 2. The van der Waals surface area contributed by atoms with Crippen LogP contribution in [0.4, 0.5) is 11.9 Å². The van der Waals surface area contributed by atoms with E-state index in [0.717, 1.165) is 13.0 Å². The van der Waals surface area contributed by atoms with Crippen LogP contribution in [-0.4, -0.2) is 43.3 Å².